The number of nitrogens with zero attached hydrogens (tertiary/aromatic N) is 3. The van der Waals surface area contributed by atoms with E-state index in [1.54, 1.807) is 0 Å². The summed E-state index contributed by atoms with van der Waals surface area (Å²) in [5.41, 5.74) is 1.57. The quantitative estimate of drug-likeness (QED) is 0.746. The van der Waals surface area contributed by atoms with Crippen molar-refractivity contribution in [2.75, 3.05) is 0 Å². The predicted octanol–water partition coefficient (Wildman–Crippen LogP) is 4.57. The van der Waals surface area contributed by atoms with E-state index in [2.05, 4.69) is 23.4 Å². The summed E-state index contributed by atoms with van der Waals surface area (Å²) in [5.74, 6) is 3.11. The molecule has 4 aliphatic rings. The van der Waals surface area contributed by atoms with Crippen molar-refractivity contribution in [3.63, 3.8) is 0 Å². The number of aryl methyl sites for hydroxylation is 1. The zero-order valence-corrected chi connectivity index (χ0v) is 13.7. The molecular formula is C17H26ClN3. The molecule has 0 saturated heterocycles. The van der Waals surface area contributed by atoms with Gasteiger partial charge in [-0.25, -0.2) is 0 Å². The largest absolute Gasteiger partial charge is 0.252 e. The van der Waals surface area contributed by atoms with Crippen LogP contribution in [0.4, 0.5) is 0 Å². The van der Waals surface area contributed by atoms with Crippen LogP contribution in [0.5, 0.6) is 0 Å². The van der Waals surface area contributed by atoms with Crippen molar-refractivity contribution in [1.82, 2.24) is 15.0 Å². The third-order valence-electron chi connectivity index (χ3n) is 6.27. The number of aromatic nitrogens is 3. The second kappa shape index (κ2) is 5.26. The van der Waals surface area contributed by atoms with E-state index in [1.165, 1.54) is 44.9 Å². The molecule has 0 amide bonds. The predicted molar refractivity (Wildman–Crippen MR) is 84.1 cm³/mol. The van der Waals surface area contributed by atoms with E-state index in [0.717, 1.165) is 36.4 Å². The lowest BCUT2D eigenvalue weighted by molar-refractivity contribution is -0.0596. The van der Waals surface area contributed by atoms with Gasteiger partial charge in [0.1, 0.15) is 5.69 Å². The maximum Gasteiger partial charge on any atom is 0.100 e. The zero-order chi connectivity index (χ0) is 14.4. The highest BCUT2D eigenvalue weighted by Crippen LogP contribution is 2.61. The monoisotopic (exact) mass is 307 g/mol. The van der Waals surface area contributed by atoms with Crippen molar-refractivity contribution in [3.8, 4) is 0 Å². The molecule has 0 aliphatic heterocycles. The minimum Gasteiger partial charge on any atom is -0.252 e. The van der Waals surface area contributed by atoms with Crippen LogP contribution in [-0.2, 0) is 6.54 Å². The lowest BCUT2D eigenvalue weighted by atomic mass is 9.49. The van der Waals surface area contributed by atoms with E-state index < -0.39 is 0 Å². The van der Waals surface area contributed by atoms with Gasteiger partial charge in [0.25, 0.3) is 0 Å². The molecule has 0 aromatic carbocycles. The molecule has 21 heavy (non-hydrogen) atoms. The molecule has 5 rings (SSSR count). The summed E-state index contributed by atoms with van der Waals surface area (Å²) >= 11 is 6.24. The van der Waals surface area contributed by atoms with Crippen LogP contribution in [0.25, 0.3) is 0 Å². The Morgan fingerprint density at radius 1 is 1.24 bits per heavy atom. The summed E-state index contributed by atoms with van der Waals surface area (Å²) in [6, 6.07) is 0. The number of rotatable bonds is 5. The Balaban J connectivity index is 1.41. The van der Waals surface area contributed by atoms with Crippen LogP contribution in [0, 0.1) is 23.2 Å². The van der Waals surface area contributed by atoms with Gasteiger partial charge in [-0.1, -0.05) is 12.1 Å². The molecule has 4 saturated carbocycles. The molecule has 0 radical (unpaired) electrons. The van der Waals surface area contributed by atoms with E-state index in [9.17, 15) is 0 Å². The average Bonchev–Trinajstić information content (AvgIpc) is 2.92. The third kappa shape index (κ3) is 2.62. The van der Waals surface area contributed by atoms with Crippen LogP contribution in [0.2, 0.25) is 0 Å². The summed E-state index contributed by atoms with van der Waals surface area (Å²) in [7, 11) is 0. The Bertz CT molecular complexity index is 475. The fraction of sp³-hybridized carbons (Fsp3) is 0.882. The van der Waals surface area contributed by atoms with Gasteiger partial charge in [-0.3, -0.25) is 4.68 Å². The first-order valence-corrected chi connectivity index (χ1v) is 9.13. The van der Waals surface area contributed by atoms with E-state index in [4.69, 9.17) is 11.6 Å². The molecule has 1 unspecified atom stereocenters. The summed E-state index contributed by atoms with van der Waals surface area (Å²) in [5, 5.41) is 8.53. The molecule has 1 heterocycles. The van der Waals surface area contributed by atoms with Crippen LogP contribution in [0.1, 0.15) is 69.4 Å². The first-order chi connectivity index (χ1) is 10.2. The Morgan fingerprint density at radius 3 is 2.43 bits per heavy atom. The lowest BCUT2D eigenvalue weighted by Gasteiger charge is -2.57. The van der Waals surface area contributed by atoms with Crippen LogP contribution in [0.15, 0.2) is 6.20 Å². The second-order valence-electron chi connectivity index (χ2n) is 7.95. The van der Waals surface area contributed by atoms with Gasteiger partial charge < -0.3 is 0 Å². The second-order valence-corrected chi connectivity index (χ2v) is 8.48. The molecular weight excluding hydrogens is 282 g/mol. The van der Waals surface area contributed by atoms with Crippen molar-refractivity contribution in [2.45, 2.75) is 70.2 Å². The van der Waals surface area contributed by atoms with Crippen LogP contribution < -0.4 is 0 Å². The van der Waals surface area contributed by atoms with E-state index >= 15 is 0 Å². The highest BCUT2D eigenvalue weighted by Gasteiger charge is 2.50. The standard InChI is InChI=1S/C17H26ClN3/c1-2-15(18)16-11-21(20-19-16)4-3-17-8-12-5-13(9-17)7-14(6-12)10-17/h11-15H,2-10H2,1H3. The van der Waals surface area contributed by atoms with E-state index in [-0.39, 0.29) is 5.38 Å². The van der Waals surface area contributed by atoms with Gasteiger partial charge in [0, 0.05) is 12.7 Å². The van der Waals surface area contributed by atoms with Gasteiger partial charge in [0.15, 0.2) is 0 Å². The van der Waals surface area contributed by atoms with Gasteiger partial charge in [0.2, 0.25) is 0 Å². The zero-order valence-electron chi connectivity index (χ0n) is 13.0. The van der Waals surface area contributed by atoms with E-state index in [0.29, 0.717) is 5.41 Å². The van der Waals surface area contributed by atoms with Crippen molar-refractivity contribution < 1.29 is 0 Å². The normalized spacial score (nSPS) is 38.9. The van der Waals surface area contributed by atoms with Gasteiger partial charge in [0.05, 0.1) is 5.38 Å². The number of hydrogen-bond acceptors (Lipinski definition) is 2. The summed E-state index contributed by atoms with van der Waals surface area (Å²) in [6.07, 6.45) is 13.3. The molecule has 4 fully saturated rings. The number of alkyl halides is 1. The molecule has 4 heteroatoms. The number of halogens is 1. The molecule has 4 bridgehead atoms. The lowest BCUT2D eigenvalue weighted by Crippen LogP contribution is -2.46. The molecule has 1 aromatic heterocycles. The van der Waals surface area contributed by atoms with Crippen molar-refractivity contribution in [1.29, 1.82) is 0 Å². The van der Waals surface area contributed by atoms with Crippen LogP contribution in [-0.4, -0.2) is 15.0 Å². The minimum absolute atomic E-state index is 0.0123. The third-order valence-corrected chi connectivity index (χ3v) is 6.80. The maximum absolute atomic E-state index is 6.24. The van der Waals surface area contributed by atoms with Crippen LogP contribution >= 0.6 is 11.6 Å². The molecule has 1 aromatic rings. The van der Waals surface area contributed by atoms with Gasteiger partial charge >= 0.3 is 0 Å². The molecule has 0 N–H and O–H groups in total. The van der Waals surface area contributed by atoms with Crippen LogP contribution in [0.3, 0.4) is 0 Å². The van der Waals surface area contributed by atoms with Gasteiger partial charge in [-0.2, -0.15) is 0 Å². The first-order valence-electron chi connectivity index (χ1n) is 8.70. The Labute approximate surface area is 132 Å². The van der Waals surface area contributed by atoms with Gasteiger partial charge in [-0.15, -0.1) is 16.7 Å². The van der Waals surface area contributed by atoms with Gasteiger partial charge in [-0.05, 0) is 74.5 Å². The smallest absolute Gasteiger partial charge is 0.100 e. The Hall–Kier alpha value is -0.570. The highest BCUT2D eigenvalue weighted by molar-refractivity contribution is 6.20. The van der Waals surface area contributed by atoms with Crippen molar-refractivity contribution in [3.05, 3.63) is 11.9 Å². The average molecular weight is 308 g/mol. The highest BCUT2D eigenvalue weighted by atomic mass is 35.5. The summed E-state index contributed by atoms with van der Waals surface area (Å²) in [4.78, 5) is 0. The SMILES string of the molecule is CCC(Cl)c1cn(CCC23CC4CC(CC(C4)C2)C3)nn1. The fourth-order valence-electron chi connectivity index (χ4n) is 5.72. The topological polar surface area (TPSA) is 30.7 Å². The first kappa shape index (κ1) is 14.0. The maximum atomic E-state index is 6.24. The number of hydrogen-bond donors (Lipinski definition) is 0. The fourth-order valence-corrected chi connectivity index (χ4v) is 5.82. The molecule has 0 spiro atoms. The molecule has 116 valence electrons. The molecule has 1 atom stereocenters. The summed E-state index contributed by atoms with van der Waals surface area (Å²) < 4.78 is 2.03. The Kier molecular flexibility index (Phi) is 3.52. The molecule has 4 aliphatic carbocycles. The van der Waals surface area contributed by atoms with E-state index in [1.807, 2.05) is 4.68 Å². The van der Waals surface area contributed by atoms with Crippen molar-refractivity contribution >= 4 is 11.6 Å². The minimum atomic E-state index is 0.0123. The van der Waals surface area contributed by atoms with Crippen molar-refractivity contribution in [2.24, 2.45) is 23.2 Å². The molecule has 3 nitrogen and oxygen atoms in total. The Morgan fingerprint density at radius 2 is 1.86 bits per heavy atom. The summed E-state index contributed by atoms with van der Waals surface area (Å²) in [6.45, 7) is 3.11.